The van der Waals surface area contributed by atoms with E-state index in [9.17, 15) is 14.9 Å². The largest absolute Gasteiger partial charge is 0.368 e. The molecule has 0 atom stereocenters. The Balaban J connectivity index is 1.45. The summed E-state index contributed by atoms with van der Waals surface area (Å²) in [6, 6.07) is 20.1. The number of aryl methyl sites for hydroxylation is 1. The van der Waals surface area contributed by atoms with Crippen LogP contribution in [0.25, 0.3) is 16.3 Å². The second-order valence-electron chi connectivity index (χ2n) is 8.15. The minimum absolute atomic E-state index is 0.0454. The molecule has 4 aromatic rings. The molecule has 0 bridgehead atoms. The number of hydrogen-bond donors (Lipinski definition) is 0. The summed E-state index contributed by atoms with van der Waals surface area (Å²) >= 11 is 1.53. The Kier molecular flexibility index (Phi) is 5.85. The van der Waals surface area contributed by atoms with E-state index >= 15 is 0 Å². The van der Waals surface area contributed by atoms with Gasteiger partial charge in [0.15, 0.2) is 0 Å². The van der Waals surface area contributed by atoms with Crippen LogP contribution >= 0.6 is 11.3 Å². The van der Waals surface area contributed by atoms with Crippen LogP contribution in [0.4, 0.5) is 11.4 Å². The van der Waals surface area contributed by atoms with Gasteiger partial charge >= 0.3 is 0 Å². The fraction of sp³-hybridized carbons (Fsp3) is 0.200. The lowest BCUT2D eigenvalue weighted by molar-refractivity contribution is -0.384. The monoisotopic (exact) mass is 473 g/mol. The first-order valence-electron chi connectivity index (χ1n) is 11.0. The molecule has 5 rings (SSSR count). The van der Waals surface area contributed by atoms with Gasteiger partial charge in [-0.05, 0) is 42.1 Å². The van der Waals surface area contributed by atoms with E-state index in [2.05, 4.69) is 29.1 Å². The number of piperazine rings is 1. The quantitative estimate of drug-likeness (QED) is 0.308. The molecule has 2 aromatic carbocycles. The molecule has 0 unspecified atom stereocenters. The standard InChI is InChI=1S/C25H23N5O3S/c1-18-6-2-3-9-22(18)27-11-13-28(14-12-27)25(31)23-17-21(24-10-5-15-34-24)26-29(23)19-7-4-8-20(16-19)30(32)33/h2-10,15-17H,11-14H2,1H3. The zero-order valence-electron chi connectivity index (χ0n) is 18.6. The highest BCUT2D eigenvalue weighted by Gasteiger charge is 2.27. The van der Waals surface area contributed by atoms with Crippen LogP contribution in [0.5, 0.6) is 0 Å². The Morgan fingerprint density at radius 3 is 2.50 bits per heavy atom. The molecule has 2 aromatic heterocycles. The maximum absolute atomic E-state index is 13.6. The molecule has 0 aliphatic carbocycles. The topological polar surface area (TPSA) is 84.5 Å². The third kappa shape index (κ3) is 4.17. The molecule has 1 fully saturated rings. The molecule has 0 saturated carbocycles. The maximum Gasteiger partial charge on any atom is 0.272 e. The first kappa shape index (κ1) is 21.8. The first-order chi connectivity index (χ1) is 16.5. The molecule has 172 valence electrons. The summed E-state index contributed by atoms with van der Waals surface area (Å²) < 4.78 is 1.53. The number of nitro groups is 1. The van der Waals surface area contributed by atoms with Crippen LogP contribution in [0.1, 0.15) is 16.1 Å². The van der Waals surface area contributed by atoms with Gasteiger partial charge in [-0.25, -0.2) is 4.68 Å². The Morgan fingerprint density at radius 2 is 1.79 bits per heavy atom. The molecule has 8 nitrogen and oxygen atoms in total. The van der Waals surface area contributed by atoms with E-state index in [0.29, 0.717) is 30.2 Å². The van der Waals surface area contributed by atoms with Crippen molar-refractivity contribution >= 4 is 28.6 Å². The minimum Gasteiger partial charge on any atom is -0.368 e. The van der Waals surface area contributed by atoms with Crippen molar-refractivity contribution in [3.8, 4) is 16.3 Å². The summed E-state index contributed by atoms with van der Waals surface area (Å²) in [6.07, 6.45) is 0. The highest BCUT2D eigenvalue weighted by Crippen LogP contribution is 2.28. The van der Waals surface area contributed by atoms with Crippen molar-refractivity contribution in [1.82, 2.24) is 14.7 Å². The van der Waals surface area contributed by atoms with Gasteiger partial charge in [0.2, 0.25) is 0 Å². The van der Waals surface area contributed by atoms with Crippen LogP contribution in [0.2, 0.25) is 0 Å². The lowest BCUT2D eigenvalue weighted by atomic mass is 10.1. The molecule has 1 amide bonds. The van der Waals surface area contributed by atoms with Crippen molar-refractivity contribution in [3.05, 3.63) is 93.5 Å². The molecule has 1 aliphatic rings. The van der Waals surface area contributed by atoms with E-state index in [1.165, 1.54) is 39.4 Å². The lowest BCUT2D eigenvalue weighted by Crippen LogP contribution is -2.49. The van der Waals surface area contributed by atoms with Crippen LogP contribution in [0.3, 0.4) is 0 Å². The highest BCUT2D eigenvalue weighted by atomic mass is 32.1. The van der Waals surface area contributed by atoms with Crippen molar-refractivity contribution in [3.63, 3.8) is 0 Å². The van der Waals surface area contributed by atoms with E-state index in [0.717, 1.165) is 18.0 Å². The lowest BCUT2D eigenvalue weighted by Gasteiger charge is -2.36. The maximum atomic E-state index is 13.6. The third-order valence-corrected chi connectivity index (χ3v) is 6.90. The number of anilines is 1. The molecular formula is C25H23N5O3S. The average Bonchev–Trinajstić information content (AvgIpc) is 3.54. The van der Waals surface area contributed by atoms with Gasteiger partial charge in [-0.3, -0.25) is 14.9 Å². The predicted octanol–water partition coefficient (Wildman–Crippen LogP) is 4.78. The normalized spacial score (nSPS) is 13.8. The second kappa shape index (κ2) is 9.11. The van der Waals surface area contributed by atoms with Crippen LogP contribution in [-0.2, 0) is 0 Å². The fourth-order valence-electron chi connectivity index (χ4n) is 4.24. The van der Waals surface area contributed by atoms with E-state index in [-0.39, 0.29) is 11.6 Å². The minimum atomic E-state index is -0.445. The number of aromatic nitrogens is 2. The van der Waals surface area contributed by atoms with E-state index in [4.69, 9.17) is 0 Å². The smallest absolute Gasteiger partial charge is 0.272 e. The Morgan fingerprint density at radius 1 is 1.00 bits per heavy atom. The van der Waals surface area contributed by atoms with Crippen LogP contribution in [0, 0.1) is 17.0 Å². The summed E-state index contributed by atoms with van der Waals surface area (Å²) in [5, 5.41) is 17.9. The Labute approximate surface area is 200 Å². The Hall–Kier alpha value is -3.98. The highest BCUT2D eigenvalue weighted by molar-refractivity contribution is 7.13. The zero-order valence-corrected chi connectivity index (χ0v) is 19.4. The Bertz CT molecular complexity index is 1340. The van der Waals surface area contributed by atoms with Gasteiger partial charge in [-0.1, -0.05) is 30.3 Å². The zero-order chi connectivity index (χ0) is 23.7. The number of benzene rings is 2. The number of hydrogen-bond acceptors (Lipinski definition) is 6. The number of carbonyl (C=O) groups excluding carboxylic acids is 1. The van der Waals surface area contributed by atoms with Crippen molar-refractivity contribution in [2.45, 2.75) is 6.92 Å². The van der Waals surface area contributed by atoms with Gasteiger partial charge < -0.3 is 9.80 Å². The number of thiophene rings is 1. The molecule has 9 heteroatoms. The predicted molar refractivity (Wildman–Crippen MR) is 133 cm³/mol. The van der Waals surface area contributed by atoms with E-state index in [1.54, 1.807) is 18.2 Å². The van der Waals surface area contributed by atoms with Crippen molar-refractivity contribution in [2.75, 3.05) is 31.1 Å². The number of amides is 1. The van der Waals surface area contributed by atoms with Gasteiger partial charge in [0, 0.05) is 44.0 Å². The number of nitrogens with zero attached hydrogens (tertiary/aromatic N) is 5. The summed E-state index contributed by atoms with van der Waals surface area (Å²) in [7, 11) is 0. The van der Waals surface area contributed by atoms with Gasteiger partial charge in [0.1, 0.15) is 11.4 Å². The molecule has 3 heterocycles. The molecule has 1 aliphatic heterocycles. The number of para-hydroxylation sites is 1. The number of rotatable bonds is 5. The van der Waals surface area contributed by atoms with Gasteiger partial charge in [0.25, 0.3) is 11.6 Å². The van der Waals surface area contributed by atoms with Gasteiger partial charge in [-0.2, -0.15) is 5.10 Å². The molecule has 0 radical (unpaired) electrons. The van der Waals surface area contributed by atoms with Crippen LogP contribution in [0.15, 0.2) is 72.1 Å². The van der Waals surface area contributed by atoms with Gasteiger partial charge in [0.05, 0.1) is 15.5 Å². The number of non-ortho nitro benzene ring substituents is 1. The number of nitro benzene ring substituents is 1. The summed E-state index contributed by atoms with van der Waals surface area (Å²) in [5.74, 6) is -0.133. The molecule has 34 heavy (non-hydrogen) atoms. The fourth-order valence-corrected chi connectivity index (χ4v) is 4.93. The van der Waals surface area contributed by atoms with Crippen molar-refractivity contribution in [1.29, 1.82) is 0 Å². The first-order valence-corrected chi connectivity index (χ1v) is 11.9. The average molecular weight is 474 g/mol. The second-order valence-corrected chi connectivity index (χ2v) is 9.09. The van der Waals surface area contributed by atoms with Crippen LogP contribution < -0.4 is 4.90 Å². The van der Waals surface area contributed by atoms with E-state index in [1.807, 2.05) is 34.5 Å². The SMILES string of the molecule is Cc1ccccc1N1CCN(C(=O)c2cc(-c3cccs3)nn2-c2cccc([N+](=O)[O-])c2)CC1. The summed E-state index contributed by atoms with van der Waals surface area (Å²) in [5.41, 5.74) is 3.91. The molecular weight excluding hydrogens is 450 g/mol. The molecule has 0 spiro atoms. The number of carbonyl (C=O) groups is 1. The third-order valence-electron chi connectivity index (χ3n) is 6.01. The van der Waals surface area contributed by atoms with Gasteiger partial charge in [-0.15, -0.1) is 11.3 Å². The summed E-state index contributed by atoms with van der Waals surface area (Å²) in [6.45, 7) is 4.73. The van der Waals surface area contributed by atoms with Crippen LogP contribution in [-0.4, -0.2) is 51.7 Å². The summed E-state index contributed by atoms with van der Waals surface area (Å²) in [4.78, 5) is 29.6. The molecule has 0 N–H and O–H groups in total. The van der Waals surface area contributed by atoms with Crippen molar-refractivity contribution in [2.24, 2.45) is 0 Å². The van der Waals surface area contributed by atoms with Crippen molar-refractivity contribution < 1.29 is 9.72 Å². The van der Waals surface area contributed by atoms with E-state index < -0.39 is 4.92 Å². The molecule has 1 saturated heterocycles.